The van der Waals surface area contributed by atoms with Gasteiger partial charge in [-0.1, -0.05) is 48.5 Å². The Balaban J connectivity index is 1.36. The van der Waals surface area contributed by atoms with Crippen molar-refractivity contribution in [2.45, 2.75) is 16.3 Å². The molecule has 190 valence electrons. The molecule has 0 radical (unpaired) electrons. The van der Waals surface area contributed by atoms with E-state index in [1.807, 2.05) is 24.3 Å². The number of nitrogens with one attached hydrogen (secondary N) is 1. The first-order valence-corrected chi connectivity index (χ1v) is 14.9. The Morgan fingerprint density at radius 2 is 1.41 bits per heavy atom. The van der Waals surface area contributed by atoms with Crippen LogP contribution in [0.25, 0.3) is 11.1 Å². The van der Waals surface area contributed by atoms with Crippen molar-refractivity contribution in [2.75, 3.05) is 12.5 Å². The van der Waals surface area contributed by atoms with Crippen LogP contribution in [0.1, 0.15) is 15.9 Å². The Bertz CT molecular complexity index is 1630. The summed E-state index contributed by atoms with van der Waals surface area (Å²) >= 11 is 0. The molecule has 0 saturated carbocycles. The van der Waals surface area contributed by atoms with E-state index in [2.05, 4.69) is 10.3 Å². The molecule has 0 aliphatic heterocycles. The molecule has 0 atom stereocenters. The first kappa shape index (κ1) is 26.1. The maximum Gasteiger partial charge on any atom is 0.253 e. The van der Waals surface area contributed by atoms with Crippen LogP contribution in [-0.2, 0) is 26.2 Å². The van der Waals surface area contributed by atoms with Crippen molar-refractivity contribution in [3.8, 4) is 22.8 Å². The third-order valence-electron chi connectivity index (χ3n) is 5.48. The van der Waals surface area contributed by atoms with Crippen LogP contribution in [0.2, 0.25) is 0 Å². The summed E-state index contributed by atoms with van der Waals surface area (Å²) < 4.78 is 52.7. The lowest BCUT2D eigenvalue weighted by atomic mass is 10.0. The predicted octanol–water partition coefficient (Wildman–Crippen LogP) is 4.28. The van der Waals surface area contributed by atoms with Crippen molar-refractivity contribution >= 4 is 25.6 Å². The molecule has 0 saturated heterocycles. The Hall–Kier alpha value is -4.02. The zero-order valence-electron chi connectivity index (χ0n) is 20.1. The molecule has 1 heterocycles. The molecule has 0 unspecified atom stereocenters. The van der Waals surface area contributed by atoms with Gasteiger partial charge in [0.2, 0.25) is 5.88 Å². The summed E-state index contributed by atoms with van der Waals surface area (Å²) in [6.07, 6.45) is 3.63. The Morgan fingerprint density at radius 3 is 1.97 bits per heavy atom. The Morgan fingerprint density at radius 1 is 0.784 bits per heavy atom. The Labute approximate surface area is 215 Å². The molecule has 37 heavy (non-hydrogen) atoms. The number of rotatable bonds is 8. The summed E-state index contributed by atoms with van der Waals surface area (Å²) in [4.78, 5) is 17.0. The zero-order chi connectivity index (χ0) is 26.6. The molecule has 0 aliphatic rings. The third-order valence-corrected chi connectivity index (χ3v) is 7.75. The lowest BCUT2D eigenvalue weighted by Gasteiger charge is -2.10. The molecule has 0 bridgehead atoms. The van der Waals surface area contributed by atoms with E-state index in [4.69, 9.17) is 4.74 Å². The average molecular weight is 537 g/mol. The summed E-state index contributed by atoms with van der Waals surface area (Å²) in [6.45, 7) is 0.298. The van der Waals surface area contributed by atoms with E-state index < -0.39 is 19.7 Å². The van der Waals surface area contributed by atoms with Crippen molar-refractivity contribution < 1.29 is 26.4 Å². The van der Waals surface area contributed by atoms with Crippen LogP contribution in [-0.4, -0.2) is 40.2 Å². The van der Waals surface area contributed by atoms with Gasteiger partial charge in [0.1, 0.15) is 10.6 Å². The van der Waals surface area contributed by atoms with Crippen molar-refractivity contribution in [1.29, 1.82) is 0 Å². The molecule has 0 fully saturated rings. The summed E-state index contributed by atoms with van der Waals surface area (Å²) in [5.74, 6) is -0.00618. The van der Waals surface area contributed by atoms with Crippen LogP contribution in [0, 0.1) is 0 Å². The van der Waals surface area contributed by atoms with Crippen LogP contribution in [0.5, 0.6) is 11.6 Å². The number of benzene rings is 3. The van der Waals surface area contributed by atoms with E-state index in [9.17, 15) is 21.6 Å². The van der Waals surface area contributed by atoms with Crippen molar-refractivity contribution in [2.24, 2.45) is 0 Å². The van der Waals surface area contributed by atoms with Crippen LogP contribution >= 0.6 is 0 Å². The minimum absolute atomic E-state index is 0.0514. The molecule has 3 aromatic carbocycles. The number of amides is 1. The quantitative estimate of drug-likeness (QED) is 0.357. The zero-order valence-corrected chi connectivity index (χ0v) is 21.7. The Kier molecular flexibility index (Phi) is 7.42. The molecule has 8 nitrogen and oxygen atoms in total. The second-order valence-electron chi connectivity index (χ2n) is 8.38. The molecular weight excluding hydrogens is 512 g/mol. The van der Waals surface area contributed by atoms with Gasteiger partial charge in [0.05, 0.1) is 10.5 Å². The van der Waals surface area contributed by atoms with E-state index in [-0.39, 0.29) is 27.3 Å². The van der Waals surface area contributed by atoms with E-state index in [1.165, 1.54) is 30.7 Å². The van der Waals surface area contributed by atoms with Crippen molar-refractivity contribution in [3.05, 3.63) is 102 Å². The number of ether oxygens (including phenoxy) is 1. The fourth-order valence-corrected chi connectivity index (χ4v) is 4.95. The van der Waals surface area contributed by atoms with Crippen LogP contribution in [0.15, 0.2) is 101 Å². The van der Waals surface area contributed by atoms with Gasteiger partial charge in [-0.25, -0.2) is 21.8 Å². The maximum atomic E-state index is 12.6. The first-order valence-electron chi connectivity index (χ1n) is 11.1. The monoisotopic (exact) mass is 536 g/mol. The van der Waals surface area contributed by atoms with E-state index in [1.54, 1.807) is 42.5 Å². The van der Waals surface area contributed by atoms with Gasteiger partial charge in [0.25, 0.3) is 5.91 Å². The van der Waals surface area contributed by atoms with Crippen LogP contribution in [0.3, 0.4) is 0 Å². The van der Waals surface area contributed by atoms with E-state index in [0.29, 0.717) is 12.1 Å². The number of carbonyl (C=O) groups excluding carboxylic acids is 1. The average Bonchev–Trinajstić information content (AvgIpc) is 2.87. The topological polar surface area (TPSA) is 119 Å². The number of pyridine rings is 1. The normalized spacial score (nSPS) is 11.6. The SMILES string of the molecule is CS(=O)(=O)c1ccc(-c2ccc(CNC(=O)c3ccc(Oc4ccccc4S(C)(=O)=O)nc3)cc2)cc1. The smallest absolute Gasteiger partial charge is 0.253 e. The number of aromatic nitrogens is 1. The minimum Gasteiger partial charge on any atom is -0.438 e. The van der Waals surface area contributed by atoms with Gasteiger partial charge in [-0.15, -0.1) is 0 Å². The largest absolute Gasteiger partial charge is 0.438 e. The number of sulfone groups is 2. The molecule has 4 rings (SSSR count). The highest BCUT2D eigenvalue weighted by molar-refractivity contribution is 7.91. The molecule has 4 aromatic rings. The number of carbonyl (C=O) groups is 1. The fourth-order valence-electron chi connectivity index (χ4n) is 3.52. The van der Waals surface area contributed by atoms with Gasteiger partial charge in [-0.05, 0) is 47.0 Å². The van der Waals surface area contributed by atoms with Gasteiger partial charge in [-0.2, -0.15) is 0 Å². The second kappa shape index (κ2) is 10.5. The third kappa shape index (κ3) is 6.60. The minimum atomic E-state index is -3.47. The van der Waals surface area contributed by atoms with Crippen LogP contribution < -0.4 is 10.1 Å². The summed E-state index contributed by atoms with van der Waals surface area (Å²) in [7, 11) is -6.72. The van der Waals surface area contributed by atoms with E-state index in [0.717, 1.165) is 22.9 Å². The lowest BCUT2D eigenvalue weighted by molar-refractivity contribution is 0.0950. The molecule has 10 heteroatoms. The van der Waals surface area contributed by atoms with Crippen LogP contribution in [0.4, 0.5) is 0 Å². The first-order chi connectivity index (χ1) is 17.5. The molecular formula is C27H24N2O6S2. The van der Waals surface area contributed by atoms with Gasteiger partial charge >= 0.3 is 0 Å². The van der Waals surface area contributed by atoms with Crippen molar-refractivity contribution in [1.82, 2.24) is 10.3 Å². The summed E-state index contributed by atoms with van der Waals surface area (Å²) in [5.41, 5.74) is 3.02. The second-order valence-corrected chi connectivity index (χ2v) is 12.4. The molecule has 1 amide bonds. The summed E-state index contributed by atoms with van der Waals surface area (Å²) in [6, 6.07) is 23.5. The lowest BCUT2D eigenvalue weighted by Crippen LogP contribution is -2.22. The van der Waals surface area contributed by atoms with Gasteiger partial charge < -0.3 is 10.1 Å². The number of para-hydroxylation sites is 1. The van der Waals surface area contributed by atoms with Gasteiger partial charge in [0, 0.05) is 31.3 Å². The number of nitrogens with zero attached hydrogens (tertiary/aromatic N) is 1. The summed E-state index contributed by atoms with van der Waals surface area (Å²) in [5, 5.41) is 2.83. The highest BCUT2D eigenvalue weighted by Crippen LogP contribution is 2.27. The molecule has 0 spiro atoms. The molecule has 0 aliphatic carbocycles. The van der Waals surface area contributed by atoms with Gasteiger partial charge in [0.15, 0.2) is 19.7 Å². The highest BCUT2D eigenvalue weighted by Gasteiger charge is 2.15. The fraction of sp³-hybridized carbons (Fsp3) is 0.111. The number of hydrogen-bond acceptors (Lipinski definition) is 7. The van der Waals surface area contributed by atoms with E-state index >= 15 is 0 Å². The predicted molar refractivity (Wildman–Crippen MR) is 140 cm³/mol. The maximum absolute atomic E-state index is 12.6. The van der Waals surface area contributed by atoms with Gasteiger partial charge in [-0.3, -0.25) is 4.79 Å². The number of hydrogen-bond donors (Lipinski definition) is 1. The van der Waals surface area contributed by atoms with Crippen molar-refractivity contribution in [3.63, 3.8) is 0 Å². The highest BCUT2D eigenvalue weighted by atomic mass is 32.2. The molecule has 1 N–H and O–H groups in total. The molecule has 1 aromatic heterocycles. The standard InChI is InChI=1S/C27H24N2O6S2/c1-36(31,32)23-14-11-21(12-15-23)20-9-7-19(8-10-20)17-29-27(30)22-13-16-26(28-18-22)35-24-5-3-4-6-25(24)37(2,33)34/h3-16,18H,17H2,1-2H3,(H,29,30).